The molecule has 0 saturated heterocycles. The third-order valence-electron chi connectivity index (χ3n) is 5.58. The average Bonchev–Trinajstić information content (AvgIpc) is 3.42. The number of amides is 2. The molecule has 1 aliphatic rings. The lowest BCUT2D eigenvalue weighted by atomic mass is 10.0. The summed E-state index contributed by atoms with van der Waals surface area (Å²) in [6.45, 7) is 2.27. The number of hydrogen-bond acceptors (Lipinski definition) is 2. The fraction of sp³-hybridized carbons (Fsp3) is 0.200. The number of benzene rings is 2. The van der Waals surface area contributed by atoms with Crippen LogP contribution >= 0.6 is 58.0 Å². The first-order valence-electron chi connectivity index (χ1n) is 10.7. The third-order valence-corrected chi connectivity index (χ3v) is 7.65. The van der Waals surface area contributed by atoms with E-state index >= 15 is 0 Å². The minimum atomic E-state index is -4.82. The number of alkyl halides is 6. The molecule has 2 unspecified atom stereocenters. The van der Waals surface area contributed by atoms with Crippen LogP contribution in [0.3, 0.4) is 0 Å². The molecule has 39 heavy (non-hydrogen) atoms. The predicted octanol–water partition coefficient (Wildman–Crippen LogP) is 8.81. The Morgan fingerprint density at radius 3 is 2.33 bits per heavy atom. The lowest BCUT2D eigenvalue weighted by Gasteiger charge is -2.13. The van der Waals surface area contributed by atoms with Gasteiger partial charge in [0.2, 0.25) is 5.91 Å². The van der Waals surface area contributed by atoms with E-state index in [0.29, 0.717) is 6.08 Å². The van der Waals surface area contributed by atoms with Crippen LogP contribution in [-0.2, 0) is 11.0 Å². The second kappa shape index (κ2) is 12.1. The highest BCUT2D eigenvalue weighted by molar-refractivity contribution is 6.53. The van der Waals surface area contributed by atoms with Crippen molar-refractivity contribution in [2.24, 2.45) is 5.92 Å². The van der Waals surface area contributed by atoms with Crippen LogP contribution in [0, 0.1) is 5.92 Å². The van der Waals surface area contributed by atoms with Gasteiger partial charge >= 0.3 is 6.18 Å². The first-order valence-corrected chi connectivity index (χ1v) is 12.6. The number of halogens is 10. The fourth-order valence-corrected chi connectivity index (χ4v) is 5.20. The van der Waals surface area contributed by atoms with Gasteiger partial charge in [-0.2, -0.15) is 13.2 Å². The van der Waals surface area contributed by atoms with E-state index in [1.54, 1.807) is 0 Å². The summed E-state index contributed by atoms with van der Waals surface area (Å²) in [5.74, 6) is -4.99. The highest BCUT2D eigenvalue weighted by atomic mass is 35.5. The van der Waals surface area contributed by atoms with Crippen LogP contribution < -0.4 is 10.6 Å². The molecule has 1 aliphatic carbocycles. The van der Waals surface area contributed by atoms with Gasteiger partial charge in [0.1, 0.15) is 16.8 Å². The molecule has 0 aromatic heterocycles. The van der Waals surface area contributed by atoms with Gasteiger partial charge in [-0.1, -0.05) is 47.5 Å². The lowest BCUT2D eigenvalue weighted by molar-refractivity contribution is -0.137. The van der Waals surface area contributed by atoms with Crippen LogP contribution in [0.5, 0.6) is 0 Å². The second-order valence-corrected chi connectivity index (χ2v) is 10.8. The van der Waals surface area contributed by atoms with Gasteiger partial charge in [-0.3, -0.25) is 9.59 Å². The quantitative estimate of drug-likeness (QED) is 0.171. The summed E-state index contributed by atoms with van der Waals surface area (Å²) >= 11 is 30.2. The zero-order valence-corrected chi connectivity index (χ0v) is 23.1. The summed E-state index contributed by atoms with van der Waals surface area (Å²) in [6, 6.07) is 5.64. The predicted molar refractivity (Wildman–Crippen MR) is 143 cm³/mol. The number of carbonyl (C=O) groups excluding carboxylic acids is 2. The molecular formula is C25H16Cl5F5N2O2. The van der Waals surface area contributed by atoms with Crippen molar-refractivity contribution < 1.29 is 31.5 Å². The molecule has 4 nitrogen and oxygen atoms in total. The van der Waals surface area contributed by atoms with E-state index in [9.17, 15) is 31.5 Å². The summed E-state index contributed by atoms with van der Waals surface area (Å²) in [7, 11) is 0. The Balaban J connectivity index is 1.84. The van der Waals surface area contributed by atoms with Gasteiger partial charge in [-0.25, -0.2) is 8.78 Å². The van der Waals surface area contributed by atoms with E-state index in [4.69, 9.17) is 58.0 Å². The fourth-order valence-electron chi connectivity index (χ4n) is 3.73. The summed E-state index contributed by atoms with van der Waals surface area (Å²) in [4.78, 5) is 25.7. The molecule has 2 N–H and O–H groups in total. The van der Waals surface area contributed by atoms with Crippen molar-refractivity contribution in [2.75, 3.05) is 12.0 Å². The summed E-state index contributed by atoms with van der Waals surface area (Å²) in [6.07, 6.45) is -1.96. The smallest absolute Gasteiger partial charge is 0.326 e. The van der Waals surface area contributed by atoms with E-state index < -0.39 is 62.3 Å². The molecule has 0 spiro atoms. The van der Waals surface area contributed by atoms with Gasteiger partial charge in [0, 0.05) is 11.6 Å². The highest BCUT2D eigenvalue weighted by Crippen LogP contribution is 2.66. The molecule has 0 aliphatic heterocycles. The molecule has 2 aromatic rings. The topological polar surface area (TPSA) is 58.2 Å². The molecule has 1 saturated carbocycles. The number of allylic oxidation sites excluding steroid dienone is 4. The van der Waals surface area contributed by atoms with Crippen LogP contribution in [0.15, 0.2) is 66.7 Å². The van der Waals surface area contributed by atoms with Gasteiger partial charge in [0.05, 0.1) is 37.8 Å². The average molecular weight is 649 g/mol. The molecule has 0 heterocycles. The van der Waals surface area contributed by atoms with Gasteiger partial charge < -0.3 is 10.6 Å². The van der Waals surface area contributed by atoms with Crippen LogP contribution in [-0.4, -0.2) is 22.8 Å². The number of anilines is 1. The molecular weight excluding hydrogens is 633 g/mol. The molecule has 0 radical (unpaired) electrons. The summed E-state index contributed by atoms with van der Waals surface area (Å²) < 4.78 is 64.9. The van der Waals surface area contributed by atoms with Crippen LogP contribution in [0.2, 0.25) is 15.1 Å². The van der Waals surface area contributed by atoms with E-state index in [1.807, 2.05) is 0 Å². The maximum absolute atomic E-state index is 14.1. The van der Waals surface area contributed by atoms with E-state index in [0.717, 1.165) is 18.2 Å². The molecule has 2 aromatic carbocycles. The van der Waals surface area contributed by atoms with Crippen molar-refractivity contribution in [2.45, 2.75) is 16.4 Å². The molecule has 2 amide bonds. The highest BCUT2D eigenvalue weighted by Gasteiger charge is 2.68. The Morgan fingerprint density at radius 2 is 1.74 bits per heavy atom. The molecule has 14 heteroatoms. The molecule has 3 rings (SSSR count). The Bertz CT molecular complexity index is 1390. The Kier molecular flexibility index (Phi) is 9.66. The minimum absolute atomic E-state index is 0.0449. The zero-order chi connectivity index (χ0) is 29.3. The van der Waals surface area contributed by atoms with Crippen molar-refractivity contribution in [3.05, 3.63) is 98.4 Å². The number of carbonyl (C=O) groups is 2. The Hall–Kier alpha value is -2.30. The monoisotopic (exact) mass is 646 g/mol. The van der Waals surface area contributed by atoms with E-state index in [-0.39, 0.29) is 27.5 Å². The lowest BCUT2D eigenvalue weighted by Crippen LogP contribution is -2.24. The van der Waals surface area contributed by atoms with Gasteiger partial charge in [-0.05, 0) is 48.0 Å². The van der Waals surface area contributed by atoms with Gasteiger partial charge in [-0.15, -0.1) is 23.2 Å². The van der Waals surface area contributed by atoms with Crippen LogP contribution in [0.1, 0.15) is 27.4 Å². The van der Waals surface area contributed by atoms with Crippen LogP contribution in [0.4, 0.5) is 27.6 Å². The first kappa shape index (κ1) is 31.2. The van der Waals surface area contributed by atoms with Crippen molar-refractivity contribution in [1.29, 1.82) is 0 Å². The van der Waals surface area contributed by atoms with Gasteiger partial charge in [0.25, 0.3) is 5.91 Å². The second-order valence-electron chi connectivity index (χ2n) is 8.15. The zero-order valence-electron chi connectivity index (χ0n) is 19.3. The van der Waals surface area contributed by atoms with Crippen molar-refractivity contribution in [3.63, 3.8) is 0 Å². The SMILES string of the molecule is C=C/C=C(NC(=O)c1cc(NC(=O)C2C(c3cc(Cl)c(Cl)c(C(F)(F)F)c3)C2(Cl)Cl)ccc1Cl)\C(F)=C/CF. The number of rotatable bonds is 8. The normalized spacial score (nSPS) is 18.9. The Labute approximate surface area is 244 Å². The standard InChI is InChI=1S/C25H16Cl5F5N2O2/c1-2-3-18(17(32)6-7-31)37-22(38)13-10-12(4-5-15(13)26)36-23(39)20-19(24(20,29)30)11-8-14(25(33,34)35)21(28)16(27)9-11/h2-6,8-10,19-20H,1,7H2,(H,36,39)(H,37,38)/b17-6+,18-3+. The largest absolute Gasteiger partial charge is 0.417 e. The van der Waals surface area contributed by atoms with Crippen molar-refractivity contribution in [1.82, 2.24) is 5.32 Å². The molecule has 1 fully saturated rings. The van der Waals surface area contributed by atoms with E-state index in [2.05, 4.69) is 17.2 Å². The summed E-state index contributed by atoms with van der Waals surface area (Å²) in [5, 5.41) is 3.54. The maximum Gasteiger partial charge on any atom is 0.417 e. The number of hydrogen-bond donors (Lipinski definition) is 2. The van der Waals surface area contributed by atoms with Crippen molar-refractivity contribution >= 4 is 75.5 Å². The first-order chi connectivity index (χ1) is 18.1. The Morgan fingerprint density at radius 1 is 1.08 bits per heavy atom. The minimum Gasteiger partial charge on any atom is -0.326 e. The molecule has 208 valence electrons. The van der Waals surface area contributed by atoms with E-state index in [1.165, 1.54) is 24.3 Å². The van der Waals surface area contributed by atoms with Crippen molar-refractivity contribution in [3.8, 4) is 0 Å². The van der Waals surface area contributed by atoms with Gasteiger partial charge in [0.15, 0.2) is 0 Å². The third kappa shape index (κ3) is 6.89. The molecule has 2 atom stereocenters. The summed E-state index contributed by atoms with van der Waals surface area (Å²) in [5.41, 5.74) is -1.79. The maximum atomic E-state index is 14.1. The van der Waals surface area contributed by atoms with Crippen LogP contribution in [0.25, 0.3) is 0 Å². The number of nitrogens with one attached hydrogen (secondary N) is 2. The molecule has 0 bridgehead atoms.